The Morgan fingerprint density at radius 3 is 2.44 bits per heavy atom. The van der Waals surface area contributed by atoms with Gasteiger partial charge in [-0.25, -0.2) is 0 Å². The first-order valence-corrected chi connectivity index (χ1v) is 6.88. The van der Waals surface area contributed by atoms with Crippen molar-refractivity contribution >= 4 is 17.4 Å². The van der Waals surface area contributed by atoms with E-state index in [1.54, 1.807) is 7.11 Å². The Balaban J connectivity index is 1.86. The van der Waals surface area contributed by atoms with Gasteiger partial charge in [0.05, 0.1) is 7.11 Å². The highest BCUT2D eigenvalue weighted by molar-refractivity contribution is 7.99. The molecule has 18 heavy (non-hydrogen) atoms. The number of hydrogen-bond acceptors (Lipinski definition) is 3. The number of hydrogen-bond donors (Lipinski definition) is 1. The first kappa shape index (κ1) is 12.8. The molecule has 0 aromatic heterocycles. The molecule has 0 bridgehead atoms. The lowest BCUT2D eigenvalue weighted by atomic mass is 10.1. The van der Waals surface area contributed by atoms with E-state index in [4.69, 9.17) is 10.5 Å². The van der Waals surface area contributed by atoms with E-state index in [2.05, 4.69) is 18.2 Å². The van der Waals surface area contributed by atoms with Crippen LogP contribution in [0.25, 0.3) is 0 Å². The highest BCUT2D eigenvalue weighted by atomic mass is 32.2. The Morgan fingerprint density at radius 2 is 1.78 bits per heavy atom. The van der Waals surface area contributed by atoms with Gasteiger partial charge in [0.2, 0.25) is 0 Å². The van der Waals surface area contributed by atoms with Crippen LogP contribution in [0, 0.1) is 0 Å². The average Bonchev–Trinajstić information content (AvgIpc) is 2.42. The summed E-state index contributed by atoms with van der Waals surface area (Å²) in [4.78, 5) is 1.25. The zero-order chi connectivity index (χ0) is 12.8. The van der Waals surface area contributed by atoms with Crippen LogP contribution in [0.1, 0.15) is 5.56 Å². The molecule has 94 valence electrons. The molecule has 0 unspecified atom stereocenters. The average molecular weight is 259 g/mol. The molecule has 0 fully saturated rings. The SMILES string of the molecule is COc1ccc(SCCc2ccccc2N)cc1. The van der Waals surface area contributed by atoms with Crippen LogP contribution < -0.4 is 10.5 Å². The van der Waals surface area contributed by atoms with Gasteiger partial charge in [-0.05, 0) is 42.3 Å². The second kappa shape index (κ2) is 6.36. The van der Waals surface area contributed by atoms with Crippen LogP contribution in [0.15, 0.2) is 53.4 Å². The third-order valence-corrected chi connectivity index (χ3v) is 3.77. The van der Waals surface area contributed by atoms with Crippen molar-refractivity contribution in [2.24, 2.45) is 0 Å². The zero-order valence-corrected chi connectivity index (χ0v) is 11.2. The van der Waals surface area contributed by atoms with Crippen LogP contribution in [0.4, 0.5) is 5.69 Å². The molecule has 0 aliphatic rings. The van der Waals surface area contributed by atoms with E-state index < -0.39 is 0 Å². The van der Waals surface area contributed by atoms with Gasteiger partial charge in [0.1, 0.15) is 5.75 Å². The minimum absolute atomic E-state index is 0.882. The summed E-state index contributed by atoms with van der Waals surface area (Å²) < 4.78 is 5.13. The van der Waals surface area contributed by atoms with Crippen molar-refractivity contribution in [2.45, 2.75) is 11.3 Å². The van der Waals surface area contributed by atoms with Crippen LogP contribution in [-0.4, -0.2) is 12.9 Å². The summed E-state index contributed by atoms with van der Waals surface area (Å²) in [6.45, 7) is 0. The van der Waals surface area contributed by atoms with Gasteiger partial charge < -0.3 is 10.5 Å². The van der Waals surface area contributed by atoms with Crippen LogP contribution in [0.5, 0.6) is 5.75 Å². The van der Waals surface area contributed by atoms with Gasteiger partial charge in [0.25, 0.3) is 0 Å². The Hall–Kier alpha value is -1.61. The number of methoxy groups -OCH3 is 1. The van der Waals surface area contributed by atoms with Gasteiger partial charge in [-0.15, -0.1) is 11.8 Å². The summed E-state index contributed by atoms with van der Waals surface area (Å²) in [6.07, 6.45) is 0.989. The highest BCUT2D eigenvalue weighted by Gasteiger charge is 1.99. The monoisotopic (exact) mass is 259 g/mol. The first-order valence-electron chi connectivity index (χ1n) is 5.90. The number of ether oxygens (including phenoxy) is 1. The molecule has 2 aromatic rings. The molecule has 0 aliphatic carbocycles. The molecule has 0 saturated heterocycles. The normalized spacial score (nSPS) is 10.3. The van der Waals surface area contributed by atoms with Crippen LogP contribution in [0.3, 0.4) is 0 Å². The van der Waals surface area contributed by atoms with Gasteiger partial charge in [-0.1, -0.05) is 18.2 Å². The fourth-order valence-corrected chi connectivity index (χ4v) is 2.60. The lowest BCUT2D eigenvalue weighted by Crippen LogP contribution is -1.95. The van der Waals surface area contributed by atoms with Gasteiger partial charge in [-0.3, -0.25) is 0 Å². The lowest BCUT2D eigenvalue weighted by Gasteiger charge is -2.06. The quantitative estimate of drug-likeness (QED) is 0.658. The third-order valence-electron chi connectivity index (χ3n) is 2.75. The lowest BCUT2D eigenvalue weighted by molar-refractivity contribution is 0.414. The molecule has 0 spiro atoms. The van der Waals surface area contributed by atoms with E-state index in [0.29, 0.717) is 0 Å². The van der Waals surface area contributed by atoms with E-state index in [-0.39, 0.29) is 0 Å². The number of thioether (sulfide) groups is 1. The van der Waals surface area contributed by atoms with Gasteiger partial charge in [-0.2, -0.15) is 0 Å². The van der Waals surface area contributed by atoms with Crippen molar-refractivity contribution in [3.05, 3.63) is 54.1 Å². The highest BCUT2D eigenvalue weighted by Crippen LogP contribution is 2.23. The van der Waals surface area contributed by atoms with Gasteiger partial charge in [0.15, 0.2) is 0 Å². The molecule has 0 saturated carbocycles. The molecule has 0 radical (unpaired) electrons. The molecule has 0 atom stereocenters. The molecular formula is C15H17NOS. The van der Waals surface area contributed by atoms with Crippen molar-refractivity contribution in [1.29, 1.82) is 0 Å². The maximum Gasteiger partial charge on any atom is 0.118 e. The van der Waals surface area contributed by atoms with Crippen molar-refractivity contribution < 1.29 is 4.74 Å². The zero-order valence-electron chi connectivity index (χ0n) is 10.4. The molecular weight excluding hydrogens is 242 g/mol. The Labute approximate surface area is 112 Å². The molecule has 0 aliphatic heterocycles. The van der Waals surface area contributed by atoms with Crippen molar-refractivity contribution in [2.75, 3.05) is 18.6 Å². The number of benzene rings is 2. The van der Waals surface area contributed by atoms with Crippen LogP contribution in [0.2, 0.25) is 0 Å². The number of nitrogen functional groups attached to an aromatic ring is 1. The molecule has 2 rings (SSSR count). The van der Waals surface area contributed by atoms with Gasteiger partial charge >= 0.3 is 0 Å². The van der Waals surface area contributed by atoms with E-state index in [0.717, 1.165) is 23.6 Å². The Kier molecular flexibility index (Phi) is 4.53. The maximum atomic E-state index is 5.91. The Bertz CT molecular complexity index is 496. The topological polar surface area (TPSA) is 35.2 Å². The smallest absolute Gasteiger partial charge is 0.118 e. The molecule has 2 nitrogen and oxygen atoms in total. The number of para-hydroxylation sites is 1. The van der Waals surface area contributed by atoms with E-state index in [1.165, 1.54) is 10.5 Å². The molecule has 0 amide bonds. The molecule has 3 heteroatoms. The maximum absolute atomic E-state index is 5.91. The fraction of sp³-hybridized carbons (Fsp3) is 0.200. The summed E-state index contributed by atoms with van der Waals surface area (Å²) in [5.74, 6) is 1.92. The van der Waals surface area contributed by atoms with Crippen LogP contribution in [-0.2, 0) is 6.42 Å². The predicted molar refractivity (Wildman–Crippen MR) is 78.3 cm³/mol. The minimum atomic E-state index is 0.882. The Morgan fingerprint density at radius 1 is 1.06 bits per heavy atom. The standard InChI is InChI=1S/C15H17NOS/c1-17-13-6-8-14(9-7-13)18-11-10-12-4-2-3-5-15(12)16/h2-9H,10-11,16H2,1H3. The second-order valence-corrected chi connectivity index (χ2v) is 5.14. The van der Waals surface area contributed by atoms with E-state index in [1.807, 2.05) is 42.1 Å². The second-order valence-electron chi connectivity index (χ2n) is 3.97. The summed E-state index contributed by atoms with van der Waals surface area (Å²) in [5.41, 5.74) is 8.02. The predicted octanol–water partition coefficient (Wildman–Crippen LogP) is 3.61. The van der Waals surface area contributed by atoms with E-state index in [9.17, 15) is 0 Å². The summed E-state index contributed by atoms with van der Waals surface area (Å²) in [7, 11) is 1.68. The third kappa shape index (κ3) is 3.44. The molecule has 2 aromatic carbocycles. The van der Waals surface area contributed by atoms with Crippen molar-refractivity contribution in [3.63, 3.8) is 0 Å². The number of rotatable bonds is 5. The summed E-state index contributed by atoms with van der Waals surface area (Å²) in [5, 5.41) is 0. The first-order chi connectivity index (χ1) is 8.79. The van der Waals surface area contributed by atoms with Crippen LogP contribution >= 0.6 is 11.8 Å². The van der Waals surface area contributed by atoms with Gasteiger partial charge in [0, 0.05) is 16.3 Å². The van der Waals surface area contributed by atoms with Crippen molar-refractivity contribution in [3.8, 4) is 5.75 Å². The van der Waals surface area contributed by atoms with Crippen molar-refractivity contribution in [1.82, 2.24) is 0 Å². The largest absolute Gasteiger partial charge is 0.497 e. The number of anilines is 1. The minimum Gasteiger partial charge on any atom is -0.497 e. The number of nitrogens with two attached hydrogens (primary N) is 1. The molecule has 2 N–H and O–H groups in total. The fourth-order valence-electron chi connectivity index (χ4n) is 1.71. The molecule has 0 heterocycles. The number of aryl methyl sites for hydroxylation is 1. The van der Waals surface area contributed by atoms with E-state index >= 15 is 0 Å². The summed E-state index contributed by atoms with van der Waals surface area (Å²) >= 11 is 1.83. The summed E-state index contributed by atoms with van der Waals surface area (Å²) in [6, 6.07) is 16.2.